The van der Waals surface area contributed by atoms with Crippen LogP contribution in [-0.4, -0.2) is 21.4 Å². The van der Waals surface area contributed by atoms with Crippen molar-refractivity contribution in [2.75, 3.05) is 0 Å². The lowest BCUT2D eigenvalue weighted by Gasteiger charge is -2.33. The molecule has 4 heteroatoms. The van der Waals surface area contributed by atoms with Gasteiger partial charge in [-0.1, -0.05) is 26.0 Å². The molecule has 1 aliphatic rings. The van der Waals surface area contributed by atoms with Crippen molar-refractivity contribution in [3.63, 3.8) is 0 Å². The third-order valence-electron chi connectivity index (χ3n) is 4.93. The summed E-state index contributed by atoms with van der Waals surface area (Å²) in [7, 11) is 1.78. The van der Waals surface area contributed by atoms with Crippen LogP contribution in [0.25, 0.3) is 17.0 Å². The summed E-state index contributed by atoms with van der Waals surface area (Å²) in [4.78, 5) is 12.6. The molecule has 3 rings (SSSR count). The number of hydrogen-bond donors (Lipinski definition) is 1. The maximum atomic E-state index is 12.6. The highest BCUT2D eigenvalue weighted by Gasteiger charge is 2.31. The number of hydrogen-bond acceptors (Lipinski definition) is 3. The second-order valence-corrected chi connectivity index (χ2v) is 7.22. The Bertz CT molecular complexity index is 850. The lowest BCUT2D eigenvalue weighted by Crippen LogP contribution is -2.36. The van der Waals surface area contributed by atoms with Crippen LogP contribution in [-0.2, 0) is 7.05 Å². The van der Waals surface area contributed by atoms with Gasteiger partial charge in [-0.2, -0.15) is 0 Å². The molecule has 0 amide bonds. The molecule has 1 aromatic carbocycles. The minimum absolute atomic E-state index is 0.0517. The second-order valence-electron chi connectivity index (χ2n) is 7.22. The zero-order chi connectivity index (χ0) is 17.5. The Morgan fingerprint density at radius 2 is 2.00 bits per heavy atom. The predicted molar refractivity (Wildman–Crippen MR) is 97.3 cm³/mol. The number of aliphatic hydroxyl groups is 1. The number of para-hydroxylation sites is 1. The van der Waals surface area contributed by atoms with Crippen LogP contribution in [0.5, 0.6) is 5.75 Å². The molecule has 24 heavy (non-hydrogen) atoms. The molecular formula is C20H25NO3. The highest BCUT2D eigenvalue weighted by molar-refractivity contribution is 5.89. The van der Waals surface area contributed by atoms with E-state index >= 15 is 0 Å². The smallest absolute Gasteiger partial charge is 0.261 e. The predicted octanol–water partition coefficient (Wildman–Crippen LogP) is 3.50. The molecule has 2 heterocycles. The first-order valence-electron chi connectivity index (χ1n) is 8.50. The Kier molecular flexibility index (Phi) is 4.26. The monoisotopic (exact) mass is 327 g/mol. The zero-order valence-electron chi connectivity index (χ0n) is 14.7. The molecule has 0 spiro atoms. The van der Waals surface area contributed by atoms with Crippen molar-refractivity contribution >= 4 is 17.0 Å². The van der Waals surface area contributed by atoms with Gasteiger partial charge in [-0.3, -0.25) is 4.79 Å². The topological polar surface area (TPSA) is 51.5 Å². The standard InChI is InChI=1S/C20H25NO3/c1-13(2)17(22)10-12-20(3)11-9-15-18(24-20)14-7-5-6-8-16(14)21(4)19(15)23/h5-9,11,13,17,22H,10,12H2,1-4H3/t17-,20+/m0/s1. The molecule has 4 nitrogen and oxygen atoms in total. The zero-order valence-corrected chi connectivity index (χ0v) is 14.7. The summed E-state index contributed by atoms with van der Waals surface area (Å²) < 4.78 is 7.95. The van der Waals surface area contributed by atoms with Crippen molar-refractivity contribution in [2.45, 2.75) is 45.3 Å². The third kappa shape index (κ3) is 2.86. The van der Waals surface area contributed by atoms with Crippen LogP contribution >= 0.6 is 0 Å². The molecule has 2 atom stereocenters. The van der Waals surface area contributed by atoms with Crippen LogP contribution in [0, 0.1) is 5.92 Å². The molecule has 0 unspecified atom stereocenters. The first-order chi connectivity index (χ1) is 11.3. The van der Waals surface area contributed by atoms with Crippen molar-refractivity contribution in [2.24, 2.45) is 13.0 Å². The number of ether oxygens (including phenoxy) is 1. The van der Waals surface area contributed by atoms with Gasteiger partial charge in [-0.05, 0) is 50.0 Å². The number of nitrogens with zero attached hydrogens (tertiary/aromatic N) is 1. The number of fused-ring (bicyclic) bond motifs is 3. The van der Waals surface area contributed by atoms with Gasteiger partial charge in [0.05, 0.1) is 17.2 Å². The fraction of sp³-hybridized carbons (Fsp3) is 0.450. The minimum atomic E-state index is -0.516. The van der Waals surface area contributed by atoms with E-state index in [2.05, 4.69) is 0 Å². The van der Waals surface area contributed by atoms with Gasteiger partial charge in [0.2, 0.25) is 0 Å². The van der Waals surface area contributed by atoms with E-state index in [0.717, 1.165) is 10.9 Å². The van der Waals surface area contributed by atoms with Crippen molar-refractivity contribution in [3.05, 3.63) is 46.3 Å². The Hall–Kier alpha value is -2.07. The van der Waals surface area contributed by atoms with Crippen LogP contribution < -0.4 is 10.3 Å². The molecule has 0 saturated carbocycles. The SMILES string of the molecule is CC(C)[C@@H](O)CC[C@@]1(C)C=Cc2c(c3ccccc3n(C)c2=O)O1. The molecule has 0 bridgehead atoms. The molecular weight excluding hydrogens is 302 g/mol. The van der Waals surface area contributed by atoms with Gasteiger partial charge in [-0.25, -0.2) is 0 Å². The van der Waals surface area contributed by atoms with Gasteiger partial charge >= 0.3 is 0 Å². The number of benzene rings is 1. The average Bonchev–Trinajstić information content (AvgIpc) is 2.57. The fourth-order valence-electron chi connectivity index (χ4n) is 3.18. The number of aliphatic hydroxyl groups excluding tert-OH is 1. The van der Waals surface area contributed by atoms with Crippen LogP contribution in [0.3, 0.4) is 0 Å². The van der Waals surface area contributed by atoms with Gasteiger partial charge in [0.25, 0.3) is 5.56 Å². The van der Waals surface area contributed by atoms with E-state index in [-0.39, 0.29) is 17.6 Å². The van der Waals surface area contributed by atoms with E-state index in [0.29, 0.717) is 24.2 Å². The Labute approximate surface area is 142 Å². The van der Waals surface area contributed by atoms with Gasteiger partial charge < -0.3 is 14.4 Å². The summed E-state index contributed by atoms with van der Waals surface area (Å²) in [6.45, 7) is 6.03. The van der Waals surface area contributed by atoms with E-state index in [1.165, 1.54) is 0 Å². The summed E-state index contributed by atoms with van der Waals surface area (Å²) in [5.74, 6) is 0.874. The van der Waals surface area contributed by atoms with Crippen molar-refractivity contribution in [1.29, 1.82) is 0 Å². The van der Waals surface area contributed by atoms with Crippen molar-refractivity contribution in [1.82, 2.24) is 4.57 Å². The van der Waals surface area contributed by atoms with Crippen LogP contribution in [0.4, 0.5) is 0 Å². The lowest BCUT2D eigenvalue weighted by molar-refractivity contribution is 0.0711. The Morgan fingerprint density at radius 3 is 2.71 bits per heavy atom. The minimum Gasteiger partial charge on any atom is -0.482 e. The summed E-state index contributed by atoms with van der Waals surface area (Å²) in [6, 6.07) is 7.79. The molecule has 128 valence electrons. The van der Waals surface area contributed by atoms with Crippen LogP contribution in [0.2, 0.25) is 0 Å². The van der Waals surface area contributed by atoms with Gasteiger partial charge in [0, 0.05) is 12.4 Å². The summed E-state index contributed by atoms with van der Waals surface area (Å²) in [5.41, 5.74) is 0.890. The summed E-state index contributed by atoms with van der Waals surface area (Å²) >= 11 is 0. The van der Waals surface area contributed by atoms with Gasteiger partial charge in [0.15, 0.2) is 0 Å². The number of pyridine rings is 1. The molecule has 2 aromatic rings. The Morgan fingerprint density at radius 1 is 1.29 bits per heavy atom. The molecule has 0 saturated heterocycles. The molecule has 1 aliphatic heterocycles. The average molecular weight is 327 g/mol. The molecule has 1 N–H and O–H groups in total. The van der Waals surface area contributed by atoms with Gasteiger partial charge in [-0.15, -0.1) is 0 Å². The largest absolute Gasteiger partial charge is 0.482 e. The van der Waals surface area contributed by atoms with E-state index in [1.807, 2.05) is 57.2 Å². The number of aromatic nitrogens is 1. The van der Waals surface area contributed by atoms with E-state index in [4.69, 9.17) is 4.74 Å². The van der Waals surface area contributed by atoms with E-state index in [9.17, 15) is 9.90 Å². The maximum Gasteiger partial charge on any atom is 0.261 e. The van der Waals surface area contributed by atoms with Crippen LogP contribution in [0.1, 0.15) is 39.2 Å². The summed E-state index contributed by atoms with van der Waals surface area (Å²) in [6.07, 6.45) is 4.83. The maximum absolute atomic E-state index is 12.6. The van der Waals surface area contributed by atoms with Crippen molar-refractivity contribution < 1.29 is 9.84 Å². The highest BCUT2D eigenvalue weighted by Crippen LogP contribution is 2.37. The molecule has 1 aromatic heterocycles. The lowest BCUT2D eigenvalue weighted by atomic mass is 9.91. The Balaban J connectivity index is 2.00. The summed E-state index contributed by atoms with van der Waals surface area (Å²) in [5, 5.41) is 11.0. The van der Waals surface area contributed by atoms with E-state index in [1.54, 1.807) is 11.6 Å². The highest BCUT2D eigenvalue weighted by atomic mass is 16.5. The molecule has 0 radical (unpaired) electrons. The van der Waals surface area contributed by atoms with Gasteiger partial charge in [0.1, 0.15) is 11.4 Å². The number of aryl methyl sites for hydroxylation is 1. The first-order valence-corrected chi connectivity index (χ1v) is 8.50. The number of rotatable bonds is 4. The fourth-order valence-corrected chi connectivity index (χ4v) is 3.18. The third-order valence-corrected chi connectivity index (χ3v) is 4.93. The van der Waals surface area contributed by atoms with Crippen molar-refractivity contribution in [3.8, 4) is 5.75 Å². The second kappa shape index (κ2) is 6.10. The van der Waals surface area contributed by atoms with Crippen LogP contribution in [0.15, 0.2) is 35.1 Å². The van der Waals surface area contributed by atoms with E-state index < -0.39 is 5.60 Å². The molecule has 0 fully saturated rings. The molecule has 0 aliphatic carbocycles. The first kappa shape index (κ1) is 16.8. The quantitative estimate of drug-likeness (QED) is 0.935. The normalized spacial score (nSPS) is 20.9.